The molecule has 0 radical (unpaired) electrons. The van der Waals surface area contributed by atoms with Crippen LogP contribution in [0, 0.1) is 23.2 Å². The van der Waals surface area contributed by atoms with Crippen LogP contribution >= 0.6 is 0 Å². The fraction of sp³-hybridized carbons (Fsp3) is 0.727. The van der Waals surface area contributed by atoms with Crippen LogP contribution in [0.15, 0.2) is 0 Å². The van der Waals surface area contributed by atoms with E-state index in [0.29, 0.717) is 19.6 Å². The van der Waals surface area contributed by atoms with Gasteiger partial charge in [-0.1, -0.05) is 6.92 Å². The summed E-state index contributed by atoms with van der Waals surface area (Å²) in [5.74, 6) is -2.10. The number of carbonyl (C=O) groups is 2. The Bertz CT molecular complexity index is 331. The van der Waals surface area contributed by atoms with Crippen molar-refractivity contribution in [3.8, 4) is 6.07 Å². The number of nitriles is 1. The van der Waals surface area contributed by atoms with Gasteiger partial charge in [0.15, 0.2) is 0 Å². The van der Waals surface area contributed by atoms with E-state index in [-0.39, 0.29) is 18.2 Å². The van der Waals surface area contributed by atoms with Crippen LogP contribution in [0.4, 0.5) is 0 Å². The van der Waals surface area contributed by atoms with Gasteiger partial charge < -0.3 is 15.2 Å². The standard InChI is InChI=1S/C11H16N2O4/c1-7(2-4-12)9(11(15)16)13-10(14)8-3-5-17-6-8/h7-9H,2-3,5-6H2,1H3,(H,13,14)(H,15,16)/t7-,8-,9-/m1/s1. The molecule has 6 nitrogen and oxygen atoms in total. The molecule has 0 bridgehead atoms. The highest BCUT2D eigenvalue weighted by Crippen LogP contribution is 2.14. The summed E-state index contributed by atoms with van der Waals surface area (Å²) in [5, 5.41) is 20.0. The zero-order valence-corrected chi connectivity index (χ0v) is 9.68. The lowest BCUT2D eigenvalue weighted by Gasteiger charge is -2.20. The molecule has 1 fully saturated rings. The molecule has 1 rings (SSSR count). The highest BCUT2D eigenvalue weighted by atomic mass is 16.5. The van der Waals surface area contributed by atoms with E-state index in [4.69, 9.17) is 15.1 Å². The number of rotatable bonds is 5. The normalized spacial score (nSPS) is 22.5. The molecule has 3 atom stereocenters. The molecule has 1 aliphatic rings. The molecule has 0 saturated carbocycles. The Morgan fingerprint density at radius 3 is 2.82 bits per heavy atom. The molecular weight excluding hydrogens is 224 g/mol. The van der Waals surface area contributed by atoms with Crippen molar-refractivity contribution < 1.29 is 19.4 Å². The summed E-state index contributed by atoms with van der Waals surface area (Å²) in [5.41, 5.74) is 0. The van der Waals surface area contributed by atoms with Crippen molar-refractivity contribution in [1.29, 1.82) is 5.26 Å². The van der Waals surface area contributed by atoms with Crippen LogP contribution in [-0.4, -0.2) is 36.2 Å². The number of aliphatic carboxylic acids is 1. The summed E-state index contributed by atoms with van der Waals surface area (Å²) in [6, 6.07) is 0.895. The van der Waals surface area contributed by atoms with Crippen molar-refractivity contribution in [2.45, 2.75) is 25.8 Å². The molecule has 0 aliphatic carbocycles. The van der Waals surface area contributed by atoms with Crippen molar-refractivity contribution >= 4 is 11.9 Å². The van der Waals surface area contributed by atoms with Gasteiger partial charge in [-0.3, -0.25) is 4.79 Å². The lowest BCUT2D eigenvalue weighted by molar-refractivity contribution is -0.143. The van der Waals surface area contributed by atoms with E-state index < -0.39 is 17.9 Å². The van der Waals surface area contributed by atoms with Crippen molar-refractivity contribution in [3.63, 3.8) is 0 Å². The quantitative estimate of drug-likeness (QED) is 0.712. The largest absolute Gasteiger partial charge is 0.480 e. The number of ether oxygens (including phenoxy) is 1. The molecule has 1 saturated heterocycles. The molecule has 94 valence electrons. The first-order chi connectivity index (χ1) is 8.06. The Morgan fingerprint density at radius 2 is 2.35 bits per heavy atom. The van der Waals surface area contributed by atoms with Gasteiger partial charge in [0.05, 0.1) is 18.6 Å². The molecule has 17 heavy (non-hydrogen) atoms. The first-order valence-corrected chi connectivity index (χ1v) is 5.54. The van der Waals surface area contributed by atoms with Crippen molar-refractivity contribution in [2.75, 3.05) is 13.2 Å². The fourth-order valence-electron chi connectivity index (χ4n) is 1.72. The molecule has 0 aromatic rings. The average Bonchev–Trinajstić information content (AvgIpc) is 2.78. The van der Waals surface area contributed by atoms with E-state index >= 15 is 0 Å². The van der Waals surface area contributed by atoms with Crippen LogP contribution in [0.5, 0.6) is 0 Å². The van der Waals surface area contributed by atoms with Gasteiger partial charge in [0, 0.05) is 18.9 Å². The Morgan fingerprint density at radius 1 is 1.65 bits per heavy atom. The number of carboxylic acids is 1. The lowest BCUT2D eigenvalue weighted by atomic mass is 9.98. The molecule has 6 heteroatoms. The lowest BCUT2D eigenvalue weighted by Crippen LogP contribution is -2.47. The summed E-state index contributed by atoms with van der Waals surface area (Å²) in [7, 11) is 0. The highest BCUT2D eigenvalue weighted by Gasteiger charge is 2.30. The molecule has 0 unspecified atom stereocenters. The van der Waals surface area contributed by atoms with Crippen molar-refractivity contribution in [3.05, 3.63) is 0 Å². The van der Waals surface area contributed by atoms with Crippen LogP contribution in [0.1, 0.15) is 19.8 Å². The van der Waals surface area contributed by atoms with Crippen LogP contribution in [0.2, 0.25) is 0 Å². The fourth-order valence-corrected chi connectivity index (χ4v) is 1.72. The van der Waals surface area contributed by atoms with E-state index in [1.54, 1.807) is 6.92 Å². The molecular formula is C11H16N2O4. The number of carbonyl (C=O) groups excluding carboxylic acids is 1. The van der Waals surface area contributed by atoms with Gasteiger partial charge in [-0.15, -0.1) is 0 Å². The predicted octanol–water partition coefficient (Wildman–Crippen LogP) is 0.142. The Hall–Kier alpha value is -1.61. The van der Waals surface area contributed by atoms with Crippen LogP contribution in [0.25, 0.3) is 0 Å². The maximum Gasteiger partial charge on any atom is 0.326 e. The maximum atomic E-state index is 11.7. The van der Waals surface area contributed by atoms with Gasteiger partial charge in [0.2, 0.25) is 5.91 Å². The van der Waals surface area contributed by atoms with E-state index in [9.17, 15) is 9.59 Å². The first-order valence-electron chi connectivity index (χ1n) is 5.54. The van der Waals surface area contributed by atoms with E-state index in [1.807, 2.05) is 6.07 Å². The number of amides is 1. The van der Waals surface area contributed by atoms with Gasteiger partial charge >= 0.3 is 5.97 Å². The van der Waals surface area contributed by atoms with Gasteiger partial charge in [0.1, 0.15) is 6.04 Å². The topological polar surface area (TPSA) is 99.4 Å². The molecule has 1 heterocycles. The van der Waals surface area contributed by atoms with E-state index in [0.717, 1.165) is 0 Å². The molecule has 0 aromatic heterocycles. The summed E-state index contributed by atoms with van der Waals surface area (Å²) >= 11 is 0. The van der Waals surface area contributed by atoms with Crippen LogP contribution in [-0.2, 0) is 14.3 Å². The maximum absolute atomic E-state index is 11.7. The highest BCUT2D eigenvalue weighted by molar-refractivity contribution is 5.85. The van der Waals surface area contributed by atoms with Gasteiger partial charge in [-0.05, 0) is 6.42 Å². The second-order valence-electron chi connectivity index (χ2n) is 4.22. The number of nitrogens with one attached hydrogen (secondary N) is 1. The van der Waals surface area contributed by atoms with E-state index in [1.165, 1.54) is 0 Å². The predicted molar refractivity (Wildman–Crippen MR) is 57.9 cm³/mol. The number of carboxylic acid groups (broad SMARTS) is 1. The molecule has 1 amide bonds. The van der Waals surface area contributed by atoms with Crippen LogP contribution in [0.3, 0.4) is 0 Å². The Labute approximate surface area is 99.6 Å². The third-order valence-corrected chi connectivity index (χ3v) is 2.85. The van der Waals surface area contributed by atoms with Crippen molar-refractivity contribution in [1.82, 2.24) is 5.32 Å². The summed E-state index contributed by atoms with van der Waals surface area (Å²) in [6.07, 6.45) is 0.712. The summed E-state index contributed by atoms with van der Waals surface area (Å²) in [4.78, 5) is 22.7. The molecule has 2 N–H and O–H groups in total. The smallest absolute Gasteiger partial charge is 0.326 e. The monoisotopic (exact) mass is 240 g/mol. The second kappa shape index (κ2) is 6.21. The zero-order valence-electron chi connectivity index (χ0n) is 9.68. The minimum absolute atomic E-state index is 0.0956. The third kappa shape index (κ3) is 3.71. The zero-order chi connectivity index (χ0) is 12.8. The second-order valence-corrected chi connectivity index (χ2v) is 4.22. The Kier molecular flexibility index (Phi) is 4.91. The summed E-state index contributed by atoms with van der Waals surface area (Å²) in [6.45, 7) is 2.50. The van der Waals surface area contributed by atoms with E-state index in [2.05, 4.69) is 5.32 Å². The summed E-state index contributed by atoms with van der Waals surface area (Å²) < 4.78 is 5.07. The third-order valence-electron chi connectivity index (χ3n) is 2.85. The molecule has 1 aliphatic heterocycles. The minimum atomic E-state index is -1.11. The molecule has 0 aromatic carbocycles. The number of nitrogens with zero attached hydrogens (tertiary/aromatic N) is 1. The first kappa shape index (κ1) is 13.5. The van der Waals surface area contributed by atoms with Gasteiger partial charge in [-0.25, -0.2) is 4.79 Å². The van der Waals surface area contributed by atoms with Crippen LogP contribution < -0.4 is 5.32 Å². The Balaban J connectivity index is 2.57. The number of hydrogen-bond acceptors (Lipinski definition) is 4. The molecule has 0 spiro atoms. The van der Waals surface area contributed by atoms with Gasteiger partial charge in [-0.2, -0.15) is 5.26 Å². The SMILES string of the molecule is C[C@H](CC#N)[C@@H](NC(=O)[C@@H]1CCOC1)C(=O)O. The van der Waals surface area contributed by atoms with Gasteiger partial charge in [0.25, 0.3) is 0 Å². The number of hydrogen-bond donors (Lipinski definition) is 2. The van der Waals surface area contributed by atoms with Crippen molar-refractivity contribution in [2.24, 2.45) is 11.8 Å². The minimum Gasteiger partial charge on any atom is -0.480 e. The average molecular weight is 240 g/mol.